The second kappa shape index (κ2) is 5.30. The van der Waals surface area contributed by atoms with E-state index in [2.05, 4.69) is 5.10 Å². The molecule has 19 heavy (non-hydrogen) atoms. The summed E-state index contributed by atoms with van der Waals surface area (Å²) in [5, 5.41) is 4.66. The predicted octanol–water partition coefficient (Wildman–Crippen LogP) is 2.90. The number of amides is 1. The molecule has 1 saturated heterocycles. The summed E-state index contributed by atoms with van der Waals surface area (Å²) < 4.78 is 38.4. The lowest BCUT2D eigenvalue weighted by Gasteiger charge is -2.10. The number of carbonyl (C=O) groups is 1. The summed E-state index contributed by atoms with van der Waals surface area (Å²) in [7, 11) is 0. The topological polar surface area (TPSA) is 32.7 Å². The van der Waals surface area contributed by atoms with Crippen molar-refractivity contribution in [3.63, 3.8) is 0 Å². The van der Waals surface area contributed by atoms with Gasteiger partial charge in [0.05, 0.1) is 17.5 Å². The number of rotatable bonds is 2. The van der Waals surface area contributed by atoms with Gasteiger partial charge in [-0.2, -0.15) is 23.3 Å². The van der Waals surface area contributed by atoms with Crippen molar-refractivity contribution >= 4 is 40.4 Å². The summed E-state index contributed by atoms with van der Waals surface area (Å²) in [5.74, 6) is -0.173. The van der Waals surface area contributed by atoms with Crippen LogP contribution in [-0.2, 0) is 11.0 Å². The Morgan fingerprint density at radius 1 is 1.37 bits per heavy atom. The van der Waals surface area contributed by atoms with Gasteiger partial charge in [0.15, 0.2) is 4.32 Å². The molecular formula is C11H7F3N2OS2. The highest BCUT2D eigenvalue weighted by molar-refractivity contribution is 8.23. The van der Waals surface area contributed by atoms with Gasteiger partial charge in [-0.05, 0) is 6.07 Å². The van der Waals surface area contributed by atoms with Crippen LogP contribution in [0.4, 0.5) is 13.2 Å². The number of halogens is 3. The van der Waals surface area contributed by atoms with Crippen molar-refractivity contribution in [1.82, 2.24) is 5.01 Å². The molecule has 1 amide bonds. The van der Waals surface area contributed by atoms with Gasteiger partial charge in [0.2, 0.25) is 0 Å². The van der Waals surface area contributed by atoms with Crippen molar-refractivity contribution in [2.45, 2.75) is 6.18 Å². The van der Waals surface area contributed by atoms with E-state index in [-0.39, 0.29) is 21.5 Å². The van der Waals surface area contributed by atoms with Gasteiger partial charge < -0.3 is 0 Å². The first-order valence-electron chi connectivity index (χ1n) is 5.09. The van der Waals surface area contributed by atoms with Crippen LogP contribution in [0.25, 0.3) is 0 Å². The van der Waals surface area contributed by atoms with E-state index < -0.39 is 11.7 Å². The van der Waals surface area contributed by atoms with Crippen LogP contribution >= 0.6 is 24.0 Å². The number of thiocarbonyl (C=S) groups is 1. The molecule has 1 heterocycles. The highest BCUT2D eigenvalue weighted by Crippen LogP contribution is 2.31. The molecule has 3 nitrogen and oxygen atoms in total. The number of alkyl halides is 3. The molecule has 1 aliphatic rings. The third-order valence-electron chi connectivity index (χ3n) is 2.31. The fourth-order valence-electron chi connectivity index (χ4n) is 1.45. The predicted molar refractivity (Wildman–Crippen MR) is 70.9 cm³/mol. The van der Waals surface area contributed by atoms with Crippen LogP contribution in [-0.4, -0.2) is 27.2 Å². The van der Waals surface area contributed by atoms with Crippen LogP contribution in [0.15, 0.2) is 29.4 Å². The van der Waals surface area contributed by atoms with E-state index in [9.17, 15) is 18.0 Å². The molecule has 1 aromatic carbocycles. The van der Waals surface area contributed by atoms with Gasteiger partial charge in [-0.3, -0.25) is 4.79 Å². The number of hydrogen-bond acceptors (Lipinski definition) is 4. The maximum Gasteiger partial charge on any atom is 0.417 e. The van der Waals surface area contributed by atoms with E-state index in [1.165, 1.54) is 18.2 Å². The Labute approximate surface area is 116 Å². The third kappa shape index (κ3) is 3.13. The summed E-state index contributed by atoms with van der Waals surface area (Å²) in [6.45, 7) is 0. The molecule has 1 aliphatic heterocycles. The highest BCUT2D eigenvalue weighted by atomic mass is 32.2. The standard InChI is InChI=1S/C11H7F3N2OS2/c12-11(13,14)8-4-2-1-3-7(8)5-15-16-9(17)6-19-10(16)18/h1-5H,6H2/b15-5-. The van der Waals surface area contributed by atoms with E-state index in [4.69, 9.17) is 12.2 Å². The number of hydrazone groups is 1. The van der Waals surface area contributed by atoms with Gasteiger partial charge in [-0.1, -0.05) is 42.2 Å². The van der Waals surface area contributed by atoms with Crippen LogP contribution in [0.1, 0.15) is 11.1 Å². The van der Waals surface area contributed by atoms with Crippen molar-refractivity contribution in [2.75, 3.05) is 5.75 Å². The fraction of sp³-hybridized carbons (Fsp3) is 0.182. The van der Waals surface area contributed by atoms with E-state index >= 15 is 0 Å². The first kappa shape index (κ1) is 14.0. The van der Waals surface area contributed by atoms with E-state index in [0.717, 1.165) is 29.1 Å². The molecule has 100 valence electrons. The Morgan fingerprint density at radius 2 is 2.05 bits per heavy atom. The molecule has 0 saturated carbocycles. The molecule has 0 bridgehead atoms. The quantitative estimate of drug-likeness (QED) is 0.622. The maximum absolute atomic E-state index is 12.7. The molecule has 0 unspecified atom stereocenters. The average Bonchev–Trinajstić information content (AvgIpc) is 2.66. The minimum Gasteiger partial charge on any atom is -0.272 e. The molecule has 8 heteroatoms. The van der Waals surface area contributed by atoms with Gasteiger partial charge in [-0.15, -0.1) is 0 Å². The normalized spacial score (nSPS) is 16.7. The zero-order valence-electron chi connectivity index (χ0n) is 9.35. The second-order valence-electron chi connectivity index (χ2n) is 3.59. The summed E-state index contributed by atoms with van der Waals surface area (Å²) in [4.78, 5) is 11.4. The van der Waals surface area contributed by atoms with Gasteiger partial charge >= 0.3 is 6.18 Å². The lowest BCUT2D eigenvalue weighted by molar-refractivity contribution is -0.137. The maximum atomic E-state index is 12.7. The minimum atomic E-state index is -4.47. The minimum absolute atomic E-state index is 0.109. The third-order valence-corrected chi connectivity index (χ3v) is 3.64. The van der Waals surface area contributed by atoms with E-state index in [1.54, 1.807) is 0 Å². The Hall–Kier alpha value is -1.41. The Balaban J connectivity index is 2.29. The lowest BCUT2D eigenvalue weighted by atomic mass is 10.1. The molecule has 0 radical (unpaired) electrons. The molecule has 0 aliphatic carbocycles. The van der Waals surface area contributed by atoms with Gasteiger partial charge in [0, 0.05) is 5.56 Å². The number of carbonyl (C=O) groups excluding carboxylic acids is 1. The summed E-state index contributed by atoms with van der Waals surface area (Å²) in [6, 6.07) is 5.00. The Kier molecular flexibility index (Phi) is 3.91. The molecule has 1 fully saturated rings. The molecule has 0 aromatic heterocycles. The van der Waals surface area contributed by atoms with Crippen molar-refractivity contribution in [3.05, 3.63) is 35.4 Å². The number of nitrogens with zero attached hydrogens (tertiary/aromatic N) is 2. The highest BCUT2D eigenvalue weighted by Gasteiger charge is 2.33. The summed E-state index contributed by atoms with van der Waals surface area (Å²) >= 11 is 6.00. The molecule has 0 atom stereocenters. The van der Waals surface area contributed by atoms with Crippen molar-refractivity contribution < 1.29 is 18.0 Å². The SMILES string of the molecule is O=C1CSC(=S)N1/N=C\c1ccccc1C(F)(F)F. The van der Waals surface area contributed by atoms with Crippen LogP contribution in [0.2, 0.25) is 0 Å². The largest absolute Gasteiger partial charge is 0.417 e. The smallest absolute Gasteiger partial charge is 0.272 e. The van der Waals surface area contributed by atoms with Crippen LogP contribution in [0, 0.1) is 0 Å². The van der Waals surface area contributed by atoms with Crippen LogP contribution in [0.3, 0.4) is 0 Å². The Bertz CT molecular complexity index is 541. The first-order chi connectivity index (χ1) is 8.89. The van der Waals surface area contributed by atoms with Gasteiger partial charge in [0.1, 0.15) is 0 Å². The van der Waals surface area contributed by atoms with Crippen LogP contribution in [0.5, 0.6) is 0 Å². The monoisotopic (exact) mass is 304 g/mol. The lowest BCUT2D eigenvalue weighted by Crippen LogP contribution is -2.22. The molecule has 1 aromatic rings. The van der Waals surface area contributed by atoms with Crippen molar-refractivity contribution in [2.24, 2.45) is 5.10 Å². The first-order valence-corrected chi connectivity index (χ1v) is 6.49. The van der Waals surface area contributed by atoms with Crippen molar-refractivity contribution in [1.29, 1.82) is 0 Å². The van der Waals surface area contributed by atoms with Crippen LogP contribution < -0.4 is 0 Å². The van der Waals surface area contributed by atoms with Gasteiger partial charge in [0.25, 0.3) is 5.91 Å². The number of thioether (sulfide) groups is 1. The summed E-state index contributed by atoms with van der Waals surface area (Å²) in [5.41, 5.74) is -0.911. The number of benzene rings is 1. The zero-order chi connectivity index (χ0) is 14.0. The molecular weight excluding hydrogens is 297 g/mol. The number of hydrogen-bond donors (Lipinski definition) is 0. The average molecular weight is 304 g/mol. The summed E-state index contributed by atoms with van der Waals surface area (Å²) in [6.07, 6.45) is -3.47. The van der Waals surface area contributed by atoms with Gasteiger partial charge in [-0.25, -0.2) is 0 Å². The fourth-order valence-corrected chi connectivity index (χ4v) is 2.41. The van der Waals surface area contributed by atoms with E-state index in [1.807, 2.05) is 0 Å². The molecule has 0 spiro atoms. The zero-order valence-corrected chi connectivity index (χ0v) is 11.0. The van der Waals surface area contributed by atoms with Crippen molar-refractivity contribution in [3.8, 4) is 0 Å². The second-order valence-corrected chi connectivity index (χ2v) is 5.20. The molecule has 0 N–H and O–H groups in total. The molecule has 2 rings (SSSR count). The van der Waals surface area contributed by atoms with E-state index in [0.29, 0.717) is 0 Å². The Morgan fingerprint density at radius 3 is 2.63 bits per heavy atom.